The molecule has 1 amide bonds. The molecule has 0 spiro atoms. The van der Waals surface area contributed by atoms with Crippen LogP contribution in [0.4, 0.5) is 5.82 Å². The molecule has 1 aliphatic heterocycles. The molecule has 0 saturated carbocycles. The lowest BCUT2D eigenvalue weighted by Crippen LogP contribution is -2.43. The van der Waals surface area contributed by atoms with Gasteiger partial charge in [0, 0.05) is 23.4 Å². The topological polar surface area (TPSA) is 58.1 Å². The summed E-state index contributed by atoms with van der Waals surface area (Å²) in [6.07, 6.45) is 3.12. The molecule has 5 nitrogen and oxygen atoms in total. The van der Waals surface area contributed by atoms with Crippen LogP contribution in [0.1, 0.15) is 39.0 Å². The molecule has 1 N–H and O–H groups in total. The monoisotopic (exact) mass is 318 g/mol. The molecule has 1 atom stereocenters. The van der Waals surface area contributed by atoms with Gasteiger partial charge in [0.05, 0.1) is 11.4 Å². The van der Waals surface area contributed by atoms with Crippen molar-refractivity contribution < 1.29 is 4.79 Å². The molecular weight excluding hydrogens is 296 g/mol. The molecule has 2 aromatic rings. The van der Waals surface area contributed by atoms with Crippen molar-refractivity contribution in [3.63, 3.8) is 0 Å². The van der Waals surface area contributed by atoms with Crippen molar-refractivity contribution in [2.45, 2.75) is 52.1 Å². The summed E-state index contributed by atoms with van der Waals surface area (Å²) in [6, 6.07) is 2.26. The molecule has 3 rings (SSSR count). The van der Waals surface area contributed by atoms with E-state index in [0.717, 1.165) is 29.0 Å². The third kappa shape index (κ3) is 2.79. The minimum absolute atomic E-state index is 0.106. The first-order valence-electron chi connectivity index (χ1n) is 7.69. The summed E-state index contributed by atoms with van der Waals surface area (Å²) in [5.41, 5.74) is -0.133. The van der Waals surface area contributed by atoms with Gasteiger partial charge in [-0.1, -0.05) is 6.92 Å². The second-order valence-corrected chi connectivity index (χ2v) is 7.84. The number of hydrogen-bond acceptors (Lipinski definition) is 5. The number of hydrogen-bond donors (Lipinski definition) is 1. The number of nitrogens with zero attached hydrogens (tertiary/aromatic N) is 3. The van der Waals surface area contributed by atoms with Gasteiger partial charge in [-0.25, -0.2) is 9.97 Å². The van der Waals surface area contributed by atoms with Crippen LogP contribution in [0.2, 0.25) is 0 Å². The van der Waals surface area contributed by atoms with Gasteiger partial charge in [-0.2, -0.15) is 0 Å². The number of carbonyl (C=O) groups is 1. The lowest BCUT2D eigenvalue weighted by atomic mass is 10.1. The Morgan fingerprint density at radius 3 is 2.82 bits per heavy atom. The Balaban J connectivity index is 1.82. The highest BCUT2D eigenvalue weighted by Gasteiger charge is 2.36. The van der Waals surface area contributed by atoms with Gasteiger partial charge in [0.1, 0.15) is 17.0 Å². The molecule has 0 aliphatic carbocycles. The zero-order chi connectivity index (χ0) is 15.9. The highest BCUT2D eigenvalue weighted by Crippen LogP contribution is 2.30. The number of aryl methyl sites for hydroxylation is 1. The second kappa shape index (κ2) is 5.50. The summed E-state index contributed by atoms with van der Waals surface area (Å²) >= 11 is 1.71. The van der Waals surface area contributed by atoms with E-state index in [4.69, 9.17) is 0 Å². The van der Waals surface area contributed by atoms with Crippen LogP contribution >= 0.6 is 11.3 Å². The van der Waals surface area contributed by atoms with Crippen LogP contribution in [0.15, 0.2) is 12.4 Å². The van der Waals surface area contributed by atoms with Crippen molar-refractivity contribution in [1.82, 2.24) is 14.9 Å². The molecule has 6 heteroatoms. The molecule has 0 bridgehead atoms. The Hall–Kier alpha value is -1.69. The molecule has 118 valence electrons. The van der Waals surface area contributed by atoms with Gasteiger partial charge in [0.15, 0.2) is 0 Å². The first-order chi connectivity index (χ1) is 10.4. The standard InChI is InChI=1S/C16H22N4OS/c1-5-11-7-12-14(17-9-18-15(12)22-11)19-10-6-13(21)20(8-10)16(2,3)4/h7,9-10H,5-6,8H2,1-4H3,(H,17,18,19). The van der Waals surface area contributed by atoms with Crippen LogP contribution in [0.5, 0.6) is 0 Å². The number of carbonyl (C=O) groups excluding carboxylic acids is 1. The van der Waals surface area contributed by atoms with E-state index >= 15 is 0 Å². The molecule has 22 heavy (non-hydrogen) atoms. The van der Waals surface area contributed by atoms with Crippen molar-refractivity contribution >= 4 is 33.3 Å². The molecule has 3 heterocycles. The fraction of sp³-hybridized carbons (Fsp3) is 0.562. The normalized spacial score (nSPS) is 19.2. The van der Waals surface area contributed by atoms with E-state index in [0.29, 0.717) is 6.42 Å². The van der Waals surface area contributed by atoms with Crippen molar-refractivity contribution in [1.29, 1.82) is 0 Å². The Morgan fingerprint density at radius 1 is 1.41 bits per heavy atom. The van der Waals surface area contributed by atoms with Crippen molar-refractivity contribution in [2.24, 2.45) is 0 Å². The van der Waals surface area contributed by atoms with Gasteiger partial charge in [-0.15, -0.1) is 11.3 Å². The number of anilines is 1. The number of thiophene rings is 1. The first kappa shape index (κ1) is 15.2. The zero-order valence-corrected chi connectivity index (χ0v) is 14.3. The van der Waals surface area contributed by atoms with Crippen molar-refractivity contribution in [3.05, 3.63) is 17.3 Å². The van der Waals surface area contributed by atoms with Gasteiger partial charge >= 0.3 is 0 Å². The van der Waals surface area contributed by atoms with Crippen LogP contribution in [0.25, 0.3) is 10.2 Å². The summed E-state index contributed by atoms with van der Waals surface area (Å²) in [5.74, 6) is 1.05. The van der Waals surface area contributed by atoms with Gasteiger partial charge in [-0.05, 0) is 33.3 Å². The van der Waals surface area contributed by atoms with E-state index in [1.54, 1.807) is 17.7 Å². The average molecular weight is 318 g/mol. The number of rotatable bonds is 3. The third-order valence-corrected chi connectivity index (χ3v) is 5.19. The molecule has 1 fully saturated rings. The van der Waals surface area contributed by atoms with E-state index < -0.39 is 0 Å². The predicted molar refractivity (Wildman–Crippen MR) is 90.3 cm³/mol. The van der Waals surface area contributed by atoms with Gasteiger partial charge in [0.2, 0.25) is 5.91 Å². The van der Waals surface area contributed by atoms with Crippen LogP contribution in [-0.2, 0) is 11.2 Å². The quantitative estimate of drug-likeness (QED) is 0.945. The Kier molecular flexibility index (Phi) is 3.80. The lowest BCUT2D eigenvalue weighted by molar-refractivity contribution is -0.131. The fourth-order valence-corrected chi connectivity index (χ4v) is 3.78. The van der Waals surface area contributed by atoms with Gasteiger partial charge < -0.3 is 10.2 Å². The largest absolute Gasteiger partial charge is 0.364 e. The first-order valence-corrected chi connectivity index (χ1v) is 8.50. The molecule has 1 unspecified atom stereocenters. The van der Waals surface area contributed by atoms with Crippen LogP contribution in [0.3, 0.4) is 0 Å². The summed E-state index contributed by atoms with van der Waals surface area (Å²) in [5, 5.41) is 4.51. The van der Waals surface area contributed by atoms with E-state index in [1.807, 2.05) is 4.90 Å². The SMILES string of the molecule is CCc1cc2c(NC3CC(=O)N(C(C)(C)C)C3)ncnc2s1. The maximum atomic E-state index is 12.2. The summed E-state index contributed by atoms with van der Waals surface area (Å²) < 4.78 is 0. The summed E-state index contributed by atoms with van der Waals surface area (Å²) in [4.78, 5) is 25.2. The number of nitrogens with one attached hydrogen (secondary N) is 1. The number of aromatic nitrogens is 2. The average Bonchev–Trinajstić information content (AvgIpc) is 3.02. The maximum absolute atomic E-state index is 12.2. The number of fused-ring (bicyclic) bond motifs is 1. The van der Waals surface area contributed by atoms with Crippen LogP contribution in [0, 0.1) is 0 Å². The van der Waals surface area contributed by atoms with E-state index in [-0.39, 0.29) is 17.5 Å². The molecule has 0 aromatic carbocycles. The van der Waals surface area contributed by atoms with Crippen LogP contribution in [-0.4, -0.2) is 38.9 Å². The van der Waals surface area contributed by atoms with E-state index in [1.165, 1.54) is 4.88 Å². The Morgan fingerprint density at radius 2 is 2.18 bits per heavy atom. The maximum Gasteiger partial charge on any atom is 0.225 e. The third-order valence-electron chi connectivity index (χ3n) is 4.00. The highest BCUT2D eigenvalue weighted by molar-refractivity contribution is 7.18. The van der Waals surface area contributed by atoms with Gasteiger partial charge in [0.25, 0.3) is 0 Å². The number of likely N-dealkylation sites (tertiary alicyclic amines) is 1. The van der Waals surface area contributed by atoms with Crippen LogP contribution < -0.4 is 5.32 Å². The molecule has 1 saturated heterocycles. The molecular formula is C16H22N4OS. The summed E-state index contributed by atoms with van der Waals surface area (Å²) in [6.45, 7) is 9.08. The Bertz CT molecular complexity index is 704. The summed E-state index contributed by atoms with van der Waals surface area (Å²) in [7, 11) is 0. The van der Waals surface area contributed by atoms with Crippen molar-refractivity contribution in [2.75, 3.05) is 11.9 Å². The number of amides is 1. The highest BCUT2D eigenvalue weighted by atomic mass is 32.1. The lowest BCUT2D eigenvalue weighted by Gasteiger charge is -2.32. The predicted octanol–water partition coefficient (Wildman–Crippen LogP) is 3.07. The molecule has 1 aliphatic rings. The van der Waals surface area contributed by atoms with E-state index in [9.17, 15) is 4.79 Å². The van der Waals surface area contributed by atoms with Gasteiger partial charge in [-0.3, -0.25) is 4.79 Å². The smallest absolute Gasteiger partial charge is 0.225 e. The minimum Gasteiger partial charge on any atom is -0.364 e. The minimum atomic E-state index is -0.133. The Labute approximate surface area is 134 Å². The van der Waals surface area contributed by atoms with E-state index in [2.05, 4.69) is 49.0 Å². The molecule has 0 radical (unpaired) electrons. The zero-order valence-electron chi connectivity index (χ0n) is 13.5. The van der Waals surface area contributed by atoms with Crippen molar-refractivity contribution in [3.8, 4) is 0 Å². The second-order valence-electron chi connectivity index (χ2n) is 6.73. The fourth-order valence-electron chi connectivity index (χ4n) is 2.84. The molecule has 2 aromatic heterocycles.